The van der Waals surface area contributed by atoms with Crippen LogP contribution >= 0.6 is 11.8 Å². The fourth-order valence-electron chi connectivity index (χ4n) is 2.38. The first-order chi connectivity index (χ1) is 7.86. The Kier molecular flexibility index (Phi) is 5.42. The molecule has 2 aliphatic rings. The normalized spacial score (nSPS) is 32.8. The maximum atomic E-state index is 5.35. The molecule has 1 N–H and O–H groups in total. The van der Waals surface area contributed by atoms with Gasteiger partial charge in [0.15, 0.2) is 0 Å². The number of nitrogens with one attached hydrogen (secondary N) is 1. The molecule has 2 unspecified atom stereocenters. The van der Waals surface area contributed by atoms with Gasteiger partial charge in [-0.25, -0.2) is 0 Å². The quantitative estimate of drug-likeness (QED) is 0.808. The molecule has 0 radical (unpaired) electrons. The Morgan fingerprint density at radius 1 is 1.38 bits per heavy atom. The molecular formula is C12H24N2OS. The third-order valence-electron chi connectivity index (χ3n) is 3.51. The molecular weight excluding hydrogens is 220 g/mol. The van der Waals surface area contributed by atoms with Crippen molar-refractivity contribution in [2.75, 3.05) is 45.1 Å². The lowest BCUT2D eigenvalue weighted by atomic mass is 10.0. The van der Waals surface area contributed by atoms with Gasteiger partial charge in [-0.2, -0.15) is 0 Å². The lowest BCUT2D eigenvalue weighted by Gasteiger charge is -2.31. The number of hydrogen-bond acceptors (Lipinski definition) is 4. The predicted molar refractivity (Wildman–Crippen MR) is 69.9 cm³/mol. The van der Waals surface area contributed by atoms with Gasteiger partial charge in [0.1, 0.15) is 0 Å². The molecule has 2 fully saturated rings. The average molecular weight is 244 g/mol. The van der Waals surface area contributed by atoms with E-state index in [1.165, 1.54) is 31.7 Å². The van der Waals surface area contributed by atoms with E-state index < -0.39 is 0 Å². The van der Waals surface area contributed by atoms with Crippen LogP contribution in [0.2, 0.25) is 0 Å². The Bertz CT molecular complexity index is 197. The summed E-state index contributed by atoms with van der Waals surface area (Å²) in [6.07, 6.45) is 2.74. The fraction of sp³-hybridized carbons (Fsp3) is 1.00. The van der Waals surface area contributed by atoms with Gasteiger partial charge in [-0.1, -0.05) is 6.92 Å². The van der Waals surface area contributed by atoms with E-state index in [0.29, 0.717) is 5.37 Å². The van der Waals surface area contributed by atoms with E-state index in [9.17, 15) is 0 Å². The third kappa shape index (κ3) is 3.91. The highest BCUT2D eigenvalue weighted by atomic mass is 32.2. The van der Waals surface area contributed by atoms with Gasteiger partial charge in [0, 0.05) is 25.4 Å². The smallest absolute Gasteiger partial charge is 0.0594 e. The Hall–Kier alpha value is 0.230. The van der Waals surface area contributed by atoms with E-state index in [-0.39, 0.29) is 0 Å². The summed E-state index contributed by atoms with van der Waals surface area (Å²) in [6.45, 7) is 8.88. The van der Waals surface area contributed by atoms with Crippen molar-refractivity contribution in [3.63, 3.8) is 0 Å². The summed E-state index contributed by atoms with van der Waals surface area (Å²) in [7, 11) is 0. The van der Waals surface area contributed by atoms with Crippen molar-refractivity contribution < 1.29 is 4.74 Å². The van der Waals surface area contributed by atoms with Gasteiger partial charge in [-0.3, -0.25) is 4.90 Å². The topological polar surface area (TPSA) is 24.5 Å². The van der Waals surface area contributed by atoms with Gasteiger partial charge in [0.25, 0.3) is 0 Å². The van der Waals surface area contributed by atoms with Gasteiger partial charge in [-0.05, 0) is 25.3 Å². The second-order valence-corrected chi connectivity index (χ2v) is 6.07. The summed E-state index contributed by atoms with van der Waals surface area (Å²) in [5.41, 5.74) is 0. The van der Waals surface area contributed by atoms with E-state index >= 15 is 0 Å². The molecule has 2 rings (SSSR count). The van der Waals surface area contributed by atoms with Crippen molar-refractivity contribution in [3.8, 4) is 0 Å². The zero-order valence-corrected chi connectivity index (χ0v) is 11.1. The van der Waals surface area contributed by atoms with Crippen LogP contribution in [-0.2, 0) is 4.74 Å². The largest absolute Gasteiger partial charge is 0.379 e. The zero-order chi connectivity index (χ0) is 11.2. The second-order valence-electron chi connectivity index (χ2n) is 4.82. The van der Waals surface area contributed by atoms with Crippen molar-refractivity contribution >= 4 is 11.8 Å². The van der Waals surface area contributed by atoms with Gasteiger partial charge in [-0.15, -0.1) is 11.8 Å². The van der Waals surface area contributed by atoms with Gasteiger partial charge < -0.3 is 10.1 Å². The standard InChI is InChI=1S/C12H24N2OS/c1-11-3-2-4-13-12(11)16-10-7-14-5-8-15-9-6-14/h11-13H,2-10H2,1H3. The second kappa shape index (κ2) is 6.84. The molecule has 2 heterocycles. The highest BCUT2D eigenvalue weighted by Crippen LogP contribution is 2.24. The first kappa shape index (κ1) is 12.7. The Morgan fingerprint density at radius 3 is 2.94 bits per heavy atom. The Morgan fingerprint density at radius 2 is 2.19 bits per heavy atom. The van der Waals surface area contributed by atoms with Crippen molar-refractivity contribution in [3.05, 3.63) is 0 Å². The number of ether oxygens (including phenoxy) is 1. The average Bonchev–Trinajstić information content (AvgIpc) is 2.33. The molecule has 94 valence electrons. The number of morpholine rings is 1. The monoisotopic (exact) mass is 244 g/mol. The van der Waals surface area contributed by atoms with Crippen LogP contribution in [0.4, 0.5) is 0 Å². The molecule has 0 spiro atoms. The van der Waals surface area contributed by atoms with E-state index in [0.717, 1.165) is 32.2 Å². The summed E-state index contributed by atoms with van der Waals surface area (Å²) < 4.78 is 5.35. The summed E-state index contributed by atoms with van der Waals surface area (Å²) in [4.78, 5) is 2.52. The van der Waals surface area contributed by atoms with E-state index in [1.54, 1.807) is 0 Å². The van der Waals surface area contributed by atoms with Crippen LogP contribution in [0.1, 0.15) is 19.8 Å². The Labute approximate surface area is 103 Å². The van der Waals surface area contributed by atoms with E-state index in [4.69, 9.17) is 4.74 Å². The predicted octanol–water partition coefficient (Wildman–Crippen LogP) is 1.40. The van der Waals surface area contributed by atoms with Crippen molar-refractivity contribution in [1.29, 1.82) is 0 Å². The van der Waals surface area contributed by atoms with Crippen molar-refractivity contribution in [2.45, 2.75) is 25.1 Å². The number of hydrogen-bond donors (Lipinski definition) is 1. The summed E-state index contributed by atoms with van der Waals surface area (Å²) in [5, 5.41) is 4.32. The molecule has 0 bridgehead atoms. The van der Waals surface area contributed by atoms with Crippen molar-refractivity contribution in [1.82, 2.24) is 10.2 Å². The van der Waals surface area contributed by atoms with Crippen LogP contribution in [0.15, 0.2) is 0 Å². The van der Waals surface area contributed by atoms with Crippen LogP contribution in [0.25, 0.3) is 0 Å². The molecule has 2 atom stereocenters. The SMILES string of the molecule is CC1CCCNC1SCCN1CCOCC1. The number of rotatable bonds is 4. The van der Waals surface area contributed by atoms with E-state index in [1.807, 2.05) is 0 Å². The van der Waals surface area contributed by atoms with Gasteiger partial charge >= 0.3 is 0 Å². The third-order valence-corrected chi connectivity index (χ3v) is 4.92. The van der Waals surface area contributed by atoms with Crippen LogP contribution in [0.3, 0.4) is 0 Å². The van der Waals surface area contributed by atoms with Gasteiger partial charge in [0.2, 0.25) is 0 Å². The minimum atomic E-state index is 0.690. The summed E-state index contributed by atoms with van der Waals surface area (Å²) in [6, 6.07) is 0. The maximum absolute atomic E-state index is 5.35. The zero-order valence-electron chi connectivity index (χ0n) is 10.3. The summed E-state index contributed by atoms with van der Waals surface area (Å²) in [5.74, 6) is 2.09. The molecule has 3 nitrogen and oxygen atoms in total. The van der Waals surface area contributed by atoms with Crippen LogP contribution in [-0.4, -0.2) is 55.4 Å². The summed E-state index contributed by atoms with van der Waals surface area (Å²) >= 11 is 2.11. The molecule has 0 aliphatic carbocycles. The Balaban J connectivity index is 1.59. The van der Waals surface area contributed by atoms with Crippen LogP contribution in [0.5, 0.6) is 0 Å². The molecule has 0 aromatic heterocycles. The minimum Gasteiger partial charge on any atom is -0.379 e. The maximum Gasteiger partial charge on any atom is 0.0594 e. The van der Waals surface area contributed by atoms with Crippen LogP contribution < -0.4 is 5.32 Å². The minimum absolute atomic E-state index is 0.690. The molecule has 0 saturated carbocycles. The first-order valence-electron chi connectivity index (χ1n) is 6.51. The number of nitrogens with zero attached hydrogens (tertiary/aromatic N) is 1. The lowest BCUT2D eigenvalue weighted by molar-refractivity contribution is 0.0409. The van der Waals surface area contributed by atoms with Gasteiger partial charge in [0.05, 0.1) is 18.6 Å². The highest BCUT2D eigenvalue weighted by molar-refractivity contribution is 7.99. The molecule has 0 aromatic carbocycles. The van der Waals surface area contributed by atoms with E-state index in [2.05, 4.69) is 28.9 Å². The molecule has 0 amide bonds. The molecule has 0 aromatic rings. The molecule has 2 saturated heterocycles. The first-order valence-corrected chi connectivity index (χ1v) is 7.56. The molecule has 16 heavy (non-hydrogen) atoms. The highest BCUT2D eigenvalue weighted by Gasteiger charge is 2.21. The number of thioether (sulfide) groups is 1. The molecule has 4 heteroatoms. The lowest BCUT2D eigenvalue weighted by Crippen LogP contribution is -2.40. The fourth-order valence-corrected chi connectivity index (χ4v) is 3.70. The molecule has 2 aliphatic heterocycles. The van der Waals surface area contributed by atoms with Crippen molar-refractivity contribution in [2.24, 2.45) is 5.92 Å². The van der Waals surface area contributed by atoms with Crippen LogP contribution in [0, 0.1) is 5.92 Å². The number of piperidine rings is 1.